The van der Waals surface area contributed by atoms with Crippen molar-refractivity contribution in [2.24, 2.45) is 4.99 Å². The number of benzene rings is 3. The number of non-ortho nitro benzene ring substituents is 1. The molecular weight excluding hydrogens is 492 g/mol. The Morgan fingerprint density at radius 2 is 1.91 bits per heavy atom. The molecule has 0 atom stereocenters. The largest absolute Gasteiger partial charge is 0.493 e. The second-order valence-corrected chi connectivity index (χ2v) is 7.80. The van der Waals surface area contributed by atoms with Crippen LogP contribution in [0, 0.1) is 10.1 Å². The molecule has 1 aliphatic heterocycles. The molecule has 0 N–H and O–H groups in total. The van der Waals surface area contributed by atoms with Crippen LogP contribution < -0.4 is 9.47 Å². The van der Waals surface area contributed by atoms with Crippen molar-refractivity contribution in [1.82, 2.24) is 0 Å². The fourth-order valence-electron chi connectivity index (χ4n) is 3.13. The first-order chi connectivity index (χ1) is 15.9. The highest BCUT2D eigenvalue weighted by Crippen LogP contribution is 2.31. The van der Waals surface area contributed by atoms with E-state index in [2.05, 4.69) is 20.9 Å². The third kappa shape index (κ3) is 5.09. The molecule has 166 valence electrons. The number of ether oxygens (including phenoxy) is 3. The number of nitro benzene ring substituents is 1. The van der Waals surface area contributed by atoms with Gasteiger partial charge in [-0.25, -0.2) is 9.79 Å². The molecule has 0 saturated heterocycles. The second kappa shape index (κ2) is 9.66. The molecule has 0 spiro atoms. The number of nitro groups is 1. The number of cyclic esters (lactones) is 1. The topological polar surface area (TPSA) is 100 Å². The van der Waals surface area contributed by atoms with Crippen molar-refractivity contribution >= 4 is 39.6 Å². The van der Waals surface area contributed by atoms with E-state index in [1.807, 2.05) is 18.2 Å². The first-order valence-electron chi connectivity index (χ1n) is 9.76. The molecule has 8 nitrogen and oxygen atoms in total. The van der Waals surface area contributed by atoms with Crippen LogP contribution >= 0.6 is 15.9 Å². The van der Waals surface area contributed by atoms with E-state index in [0.717, 1.165) is 4.47 Å². The van der Waals surface area contributed by atoms with Gasteiger partial charge in [0.25, 0.3) is 5.69 Å². The predicted molar refractivity (Wildman–Crippen MR) is 125 cm³/mol. The zero-order valence-electron chi connectivity index (χ0n) is 17.4. The van der Waals surface area contributed by atoms with Crippen molar-refractivity contribution in [2.45, 2.75) is 6.61 Å². The van der Waals surface area contributed by atoms with E-state index in [-0.39, 0.29) is 23.9 Å². The van der Waals surface area contributed by atoms with Gasteiger partial charge in [-0.2, -0.15) is 0 Å². The molecule has 33 heavy (non-hydrogen) atoms. The minimum Gasteiger partial charge on any atom is -0.493 e. The fraction of sp³-hybridized carbons (Fsp3) is 0.0833. The van der Waals surface area contributed by atoms with Crippen LogP contribution in [-0.4, -0.2) is 23.9 Å². The SMILES string of the molecule is COc1cc(/C=C2\N=C(c3ccccc3Br)OC2=O)ccc1OCc1cccc([N+](=O)[O-])c1. The van der Waals surface area contributed by atoms with Gasteiger partial charge in [-0.15, -0.1) is 0 Å². The summed E-state index contributed by atoms with van der Waals surface area (Å²) in [6.07, 6.45) is 1.60. The number of rotatable bonds is 7. The van der Waals surface area contributed by atoms with Gasteiger partial charge in [0, 0.05) is 16.6 Å². The maximum atomic E-state index is 12.3. The highest BCUT2D eigenvalue weighted by molar-refractivity contribution is 9.10. The summed E-state index contributed by atoms with van der Waals surface area (Å²) in [5.74, 6) is 0.571. The minimum atomic E-state index is -0.550. The average molecular weight is 509 g/mol. The normalized spacial score (nSPS) is 14.1. The Kier molecular flexibility index (Phi) is 6.50. The van der Waals surface area contributed by atoms with E-state index in [0.29, 0.717) is 28.2 Å². The van der Waals surface area contributed by atoms with E-state index in [1.165, 1.54) is 19.2 Å². The summed E-state index contributed by atoms with van der Waals surface area (Å²) in [5, 5.41) is 10.9. The molecule has 1 aliphatic rings. The van der Waals surface area contributed by atoms with Gasteiger partial charge in [-0.05, 0) is 57.4 Å². The van der Waals surface area contributed by atoms with Crippen molar-refractivity contribution in [1.29, 1.82) is 0 Å². The fourth-order valence-corrected chi connectivity index (χ4v) is 3.59. The standard InChI is InChI=1S/C24H17BrN2O6/c1-31-22-13-15(9-10-21(22)32-14-16-5-4-6-17(11-16)27(29)30)12-20-24(28)33-23(26-20)18-7-2-3-8-19(18)25/h2-13H,14H2,1H3/b20-12-. The van der Waals surface area contributed by atoms with Gasteiger partial charge in [-0.3, -0.25) is 10.1 Å². The quantitative estimate of drug-likeness (QED) is 0.186. The Bertz CT molecular complexity index is 1300. The summed E-state index contributed by atoms with van der Waals surface area (Å²) in [7, 11) is 1.50. The van der Waals surface area contributed by atoms with E-state index < -0.39 is 10.9 Å². The van der Waals surface area contributed by atoms with Crippen molar-refractivity contribution in [3.63, 3.8) is 0 Å². The Morgan fingerprint density at radius 1 is 1.09 bits per heavy atom. The molecule has 0 saturated carbocycles. The van der Waals surface area contributed by atoms with Crippen LogP contribution in [0.2, 0.25) is 0 Å². The molecule has 9 heteroatoms. The number of carbonyl (C=O) groups is 1. The van der Waals surface area contributed by atoms with Gasteiger partial charge < -0.3 is 14.2 Å². The molecular formula is C24H17BrN2O6. The second-order valence-electron chi connectivity index (χ2n) is 6.94. The lowest BCUT2D eigenvalue weighted by molar-refractivity contribution is -0.384. The Balaban J connectivity index is 1.54. The molecule has 0 aromatic heterocycles. The maximum absolute atomic E-state index is 12.3. The number of hydrogen-bond acceptors (Lipinski definition) is 7. The molecule has 1 heterocycles. The van der Waals surface area contributed by atoms with Crippen LogP contribution in [-0.2, 0) is 16.1 Å². The van der Waals surface area contributed by atoms with Crippen LogP contribution in [0.3, 0.4) is 0 Å². The predicted octanol–water partition coefficient (Wildman–Crippen LogP) is 5.29. The first-order valence-corrected chi connectivity index (χ1v) is 10.6. The van der Waals surface area contributed by atoms with Crippen molar-refractivity contribution in [3.8, 4) is 11.5 Å². The van der Waals surface area contributed by atoms with Gasteiger partial charge >= 0.3 is 5.97 Å². The van der Waals surface area contributed by atoms with E-state index in [1.54, 1.807) is 42.5 Å². The van der Waals surface area contributed by atoms with Gasteiger partial charge in [0.05, 0.1) is 17.6 Å². The summed E-state index contributed by atoms with van der Waals surface area (Å²) < 4.78 is 17.3. The molecule has 4 rings (SSSR count). The number of nitrogens with zero attached hydrogens (tertiary/aromatic N) is 2. The lowest BCUT2D eigenvalue weighted by Crippen LogP contribution is -2.05. The highest BCUT2D eigenvalue weighted by atomic mass is 79.9. The summed E-state index contributed by atoms with van der Waals surface area (Å²) in [4.78, 5) is 27.1. The first kappa shape index (κ1) is 22.2. The van der Waals surface area contributed by atoms with Crippen LogP contribution in [0.15, 0.2) is 81.9 Å². The number of carbonyl (C=O) groups excluding carboxylic acids is 1. The van der Waals surface area contributed by atoms with Crippen molar-refractivity contribution in [3.05, 3.63) is 104 Å². The molecule has 0 amide bonds. The zero-order chi connectivity index (χ0) is 23.4. The lowest BCUT2D eigenvalue weighted by Gasteiger charge is -2.11. The number of halogens is 1. The Hall–Kier alpha value is -3.98. The van der Waals surface area contributed by atoms with E-state index in [9.17, 15) is 14.9 Å². The average Bonchev–Trinajstić information content (AvgIpc) is 3.18. The van der Waals surface area contributed by atoms with Crippen LogP contribution in [0.4, 0.5) is 5.69 Å². The molecule has 0 bridgehead atoms. The van der Waals surface area contributed by atoms with Gasteiger partial charge in [0.15, 0.2) is 17.2 Å². The molecule has 0 radical (unpaired) electrons. The lowest BCUT2D eigenvalue weighted by atomic mass is 10.1. The number of hydrogen-bond donors (Lipinski definition) is 0. The minimum absolute atomic E-state index is 0.00376. The monoisotopic (exact) mass is 508 g/mol. The van der Waals surface area contributed by atoms with Gasteiger partial charge in [0.1, 0.15) is 6.61 Å². The van der Waals surface area contributed by atoms with E-state index in [4.69, 9.17) is 14.2 Å². The molecule has 3 aromatic carbocycles. The molecule has 0 fully saturated rings. The van der Waals surface area contributed by atoms with Gasteiger partial charge in [0.2, 0.25) is 5.90 Å². The van der Waals surface area contributed by atoms with Crippen LogP contribution in [0.25, 0.3) is 6.08 Å². The summed E-state index contributed by atoms with van der Waals surface area (Å²) in [6.45, 7) is 0.129. The molecule has 3 aromatic rings. The summed E-state index contributed by atoms with van der Waals surface area (Å²) in [5.41, 5.74) is 2.15. The van der Waals surface area contributed by atoms with E-state index >= 15 is 0 Å². The smallest absolute Gasteiger partial charge is 0.363 e. The summed E-state index contributed by atoms with van der Waals surface area (Å²) in [6, 6.07) is 18.7. The Morgan fingerprint density at radius 3 is 2.67 bits per heavy atom. The zero-order valence-corrected chi connectivity index (χ0v) is 18.9. The number of methoxy groups -OCH3 is 1. The number of esters is 1. The molecule has 0 aliphatic carbocycles. The Labute approximate surface area is 197 Å². The molecule has 0 unspecified atom stereocenters. The van der Waals surface area contributed by atoms with Crippen molar-refractivity contribution < 1.29 is 23.9 Å². The van der Waals surface area contributed by atoms with Gasteiger partial charge in [-0.1, -0.05) is 30.3 Å². The number of aliphatic imine (C=N–C) groups is 1. The van der Waals surface area contributed by atoms with Crippen LogP contribution in [0.5, 0.6) is 11.5 Å². The van der Waals surface area contributed by atoms with Crippen LogP contribution in [0.1, 0.15) is 16.7 Å². The summed E-state index contributed by atoms with van der Waals surface area (Å²) >= 11 is 3.43. The van der Waals surface area contributed by atoms with Crippen molar-refractivity contribution in [2.75, 3.05) is 7.11 Å². The maximum Gasteiger partial charge on any atom is 0.363 e. The highest BCUT2D eigenvalue weighted by Gasteiger charge is 2.25. The third-order valence-corrected chi connectivity index (χ3v) is 5.42. The third-order valence-electron chi connectivity index (χ3n) is 4.73.